The molecule has 4 aliphatic rings. The predicted octanol–water partition coefficient (Wildman–Crippen LogP) is 6.39. The van der Waals surface area contributed by atoms with Crippen molar-refractivity contribution < 1.29 is 9.59 Å². The number of aliphatic imine (C=N–C) groups is 1. The average molecular weight is 641 g/mol. The number of likely N-dealkylation sites (tertiary alicyclic amines) is 1. The van der Waals surface area contributed by atoms with Crippen molar-refractivity contribution in [3.8, 4) is 0 Å². The second-order valence-corrected chi connectivity index (χ2v) is 14.5. The number of amides is 2. The number of carbonyl (C=O) groups is 2. The van der Waals surface area contributed by atoms with Crippen LogP contribution in [0.15, 0.2) is 64.1 Å². The third-order valence-corrected chi connectivity index (χ3v) is 10.9. The van der Waals surface area contributed by atoms with Crippen LogP contribution in [0.5, 0.6) is 0 Å². The van der Waals surface area contributed by atoms with Gasteiger partial charge in [0, 0.05) is 48.0 Å². The van der Waals surface area contributed by atoms with E-state index in [9.17, 15) is 9.59 Å². The molecule has 4 aliphatic heterocycles. The minimum atomic E-state index is -0.629. The second kappa shape index (κ2) is 11.8. The number of allylic oxidation sites excluding steroid dienone is 1. The number of nitrogens with zero attached hydrogens (tertiary/aromatic N) is 5. The third kappa shape index (κ3) is 5.39. The normalized spacial score (nSPS) is 27.8. The lowest BCUT2D eigenvalue weighted by atomic mass is 9.81. The van der Waals surface area contributed by atoms with Crippen LogP contribution in [-0.2, 0) is 15.1 Å². The molecule has 2 aromatic rings. The van der Waals surface area contributed by atoms with Crippen LogP contribution in [0.4, 0.5) is 0 Å². The van der Waals surface area contributed by atoms with Gasteiger partial charge in [0.1, 0.15) is 16.5 Å². The molecule has 4 heterocycles. The lowest BCUT2D eigenvalue weighted by Gasteiger charge is -2.38. The van der Waals surface area contributed by atoms with Crippen LogP contribution in [0, 0.1) is 5.92 Å². The maximum absolute atomic E-state index is 14.6. The summed E-state index contributed by atoms with van der Waals surface area (Å²) in [7, 11) is 2.08. The molecular formula is C33H39Cl2N5O2S. The van der Waals surface area contributed by atoms with Gasteiger partial charge >= 0.3 is 0 Å². The number of amidine groups is 1. The van der Waals surface area contributed by atoms with Crippen molar-refractivity contribution in [2.45, 2.75) is 64.2 Å². The van der Waals surface area contributed by atoms with E-state index in [0.29, 0.717) is 34.5 Å². The molecule has 0 aliphatic carbocycles. The molecule has 0 N–H and O–H groups in total. The molecule has 0 aromatic heterocycles. The summed E-state index contributed by atoms with van der Waals surface area (Å²) in [4.78, 5) is 42.7. The van der Waals surface area contributed by atoms with Crippen LogP contribution in [0.2, 0.25) is 10.0 Å². The van der Waals surface area contributed by atoms with Gasteiger partial charge in [0.05, 0.1) is 6.04 Å². The van der Waals surface area contributed by atoms with Gasteiger partial charge in [0.25, 0.3) is 5.91 Å². The summed E-state index contributed by atoms with van der Waals surface area (Å²) in [6.45, 7) is 11.6. The molecule has 228 valence electrons. The Kier molecular flexibility index (Phi) is 8.35. The van der Waals surface area contributed by atoms with Gasteiger partial charge in [-0.25, -0.2) is 4.99 Å². The molecule has 10 heteroatoms. The maximum Gasteiger partial charge on any atom is 0.263 e. The summed E-state index contributed by atoms with van der Waals surface area (Å²) >= 11 is 14.0. The highest BCUT2D eigenvalue weighted by atomic mass is 35.5. The van der Waals surface area contributed by atoms with Gasteiger partial charge in [-0.05, 0) is 86.8 Å². The summed E-state index contributed by atoms with van der Waals surface area (Å²) in [6, 6.07) is 15.1. The smallest absolute Gasteiger partial charge is 0.263 e. The molecule has 4 atom stereocenters. The van der Waals surface area contributed by atoms with Gasteiger partial charge < -0.3 is 19.6 Å². The van der Waals surface area contributed by atoms with Crippen LogP contribution >= 0.6 is 35.0 Å². The van der Waals surface area contributed by atoms with Crippen molar-refractivity contribution in [2.75, 3.05) is 33.2 Å². The van der Waals surface area contributed by atoms with Crippen molar-refractivity contribution in [2.24, 2.45) is 10.9 Å². The fourth-order valence-electron chi connectivity index (χ4n) is 6.99. The quantitative estimate of drug-likeness (QED) is 0.379. The largest absolute Gasteiger partial charge is 0.338 e. The van der Waals surface area contributed by atoms with Crippen LogP contribution in [0.3, 0.4) is 0 Å². The van der Waals surface area contributed by atoms with E-state index in [-0.39, 0.29) is 29.8 Å². The van der Waals surface area contributed by atoms with Crippen LogP contribution in [0.1, 0.15) is 57.7 Å². The molecule has 7 nitrogen and oxygen atoms in total. The van der Waals surface area contributed by atoms with Crippen molar-refractivity contribution in [3.63, 3.8) is 0 Å². The topological polar surface area (TPSA) is 59.5 Å². The zero-order chi connectivity index (χ0) is 30.6. The number of thioether (sulfide) groups is 1. The van der Waals surface area contributed by atoms with E-state index in [4.69, 9.17) is 28.2 Å². The first-order valence-corrected chi connectivity index (χ1v) is 16.7. The second-order valence-electron chi connectivity index (χ2n) is 12.6. The Bertz CT molecular complexity index is 1470. The average Bonchev–Trinajstić information content (AvgIpc) is 3.63. The van der Waals surface area contributed by atoms with E-state index >= 15 is 0 Å². The molecular weight excluding hydrogens is 601 g/mol. The van der Waals surface area contributed by atoms with Gasteiger partial charge in [0.2, 0.25) is 5.91 Å². The minimum absolute atomic E-state index is 0.0146. The highest BCUT2D eigenvalue weighted by Crippen LogP contribution is 2.56. The number of carbonyl (C=O) groups excluding carboxylic acids is 2. The van der Waals surface area contributed by atoms with Gasteiger partial charge in [-0.1, -0.05) is 61.3 Å². The molecule has 0 radical (unpaired) electrons. The Morgan fingerprint density at radius 3 is 2.16 bits per heavy atom. The summed E-state index contributed by atoms with van der Waals surface area (Å²) in [5.41, 5.74) is 2.43. The molecule has 2 amide bonds. The van der Waals surface area contributed by atoms with E-state index in [1.807, 2.05) is 46.2 Å². The first kappa shape index (κ1) is 30.5. The number of benzene rings is 2. The van der Waals surface area contributed by atoms with Gasteiger partial charge in [0.15, 0.2) is 5.17 Å². The highest BCUT2D eigenvalue weighted by Gasteiger charge is 2.54. The van der Waals surface area contributed by atoms with Gasteiger partial charge in [-0.15, -0.1) is 0 Å². The fraction of sp³-hybridized carbons (Fsp3) is 0.485. The van der Waals surface area contributed by atoms with E-state index in [1.54, 1.807) is 0 Å². The number of rotatable bonds is 5. The summed E-state index contributed by atoms with van der Waals surface area (Å²) in [5, 5.41) is 2.15. The van der Waals surface area contributed by atoms with Crippen molar-refractivity contribution in [3.05, 3.63) is 80.3 Å². The zero-order valence-electron chi connectivity index (χ0n) is 25.4. The summed E-state index contributed by atoms with van der Waals surface area (Å²) in [5.74, 6) is 0.0604. The number of hydrogen-bond acceptors (Lipinski definition) is 6. The predicted molar refractivity (Wildman–Crippen MR) is 175 cm³/mol. The Morgan fingerprint density at radius 1 is 0.953 bits per heavy atom. The standard InChI is InChI=1S/C33H39Cl2N5O2S/c1-20(2)27-28(31(42)39-21(3)6-15-26(39)30(41)38-18-16-37(5)17-19-38)43-32-36-33(4,23-9-13-25(35)14-10-23)29(40(27)32)22-7-11-24(34)12-8-22/h7-14,20-21,26,29H,6,15-19H2,1-5H3/t21-,26?,29?,33+/m1/s1. The maximum atomic E-state index is 14.6. The molecule has 2 aromatic carbocycles. The number of fused-ring (bicyclic) bond motifs is 1. The highest BCUT2D eigenvalue weighted by molar-refractivity contribution is 8.18. The SMILES string of the molecule is CC(C)C1=C(C(=O)N2C(C(=O)N3CCN(C)CC3)CC[C@H]2C)SC2=N[C@@](C)(c3ccc(Cl)cc3)C(c3ccc(Cl)cc3)N21. The molecule has 2 saturated heterocycles. The summed E-state index contributed by atoms with van der Waals surface area (Å²) in [6.07, 6.45) is 1.51. The molecule has 43 heavy (non-hydrogen) atoms. The Morgan fingerprint density at radius 2 is 1.56 bits per heavy atom. The van der Waals surface area contributed by atoms with Crippen molar-refractivity contribution in [1.82, 2.24) is 19.6 Å². The van der Waals surface area contributed by atoms with Crippen molar-refractivity contribution in [1.29, 1.82) is 0 Å². The monoisotopic (exact) mass is 639 g/mol. The minimum Gasteiger partial charge on any atom is -0.338 e. The lowest BCUT2D eigenvalue weighted by molar-refractivity contribution is -0.144. The molecule has 0 bridgehead atoms. The number of halogens is 2. The zero-order valence-corrected chi connectivity index (χ0v) is 27.7. The van der Waals surface area contributed by atoms with Gasteiger partial charge in [-0.2, -0.15) is 0 Å². The molecule has 2 fully saturated rings. The molecule has 6 rings (SSSR count). The van der Waals surface area contributed by atoms with E-state index in [2.05, 4.69) is 56.7 Å². The number of likely N-dealkylation sites (N-methyl/N-ethyl adjacent to an activating group) is 1. The van der Waals surface area contributed by atoms with Crippen LogP contribution < -0.4 is 0 Å². The Balaban J connectivity index is 1.39. The summed E-state index contributed by atoms with van der Waals surface area (Å²) < 4.78 is 0. The molecule has 0 spiro atoms. The van der Waals surface area contributed by atoms with Gasteiger partial charge in [-0.3, -0.25) is 9.59 Å². The Hall–Kier alpha value is -2.52. The molecule has 2 unspecified atom stereocenters. The van der Waals surface area contributed by atoms with E-state index < -0.39 is 11.6 Å². The number of piperazine rings is 1. The molecule has 0 saturated carbocycles. The van der Waals surface area contributed by atoms with Crippen LogP contribution in [-0.4, -0.2) is 81.9 Å². The first-order chi connectivity index (χ1) is 20.5. The fourth-order valence-corrected chi connectivity index (χ4v) is 8.59. The lowest BCUT2D eigenvalue weighted by Crippen LogP contribution is -2.54. The van der Waals surface area contributed by atoms with Crippen molar-refractivity contribution >= 4 is 51.9 Å². The van der Waals surface area contributed by atoms with E-state index in [0.717, 1.165) is 41.5 Å². The third-order valence-electron chi connectivity index (χ3n) is 9.37. The first-order valence-electron chi connectivity index (χ1n) is 15.1. The number of hydrogen-bond donors (Lipinski definition) is 0. The Labute approximate surface area is 268 Å². The van der Waals surface area contributed by atoms with E-state index in [1.165, 1.54) is 11.8 Å². The van der Waals surface area contributed by atoms with Crippen LogP contribution in [0.25, 0.3) is 0 Å².